The minimum absolute atomic E-state index is 0.506. The van der Waals surface area contributed by atoms with Crippen molar-refractivity contribution in [3.8, 4) is 34.3 Å². The van der Waals surface area contributed by atoms with Gasteiger partial charge in [0.2, 0.25) is 5.89 Å². The van der Waals surface area contributed by atoms with Gasteiger partial charge in [0.25, 0.3) is 0 Å². The highest BCUT2D eigenvalue weighted by Crippen LogP contribution is 2.39. The summed E-state index contributed by atoms with van der Waals surface area (Å²) in [7, 11) is 0. The van der Waals surface area contributed by atoms with Crippen LogP contribution in [0, 0.1) is 18.3 Å². The Morgan fingerprint density at radius 1 is 1.00 bits per heavy atom. The fraction of sp³-hybridized carbons (Fsp3) is 0.324. The number of oxazole rings is 1. The molecule has 1 saturated heterocycles. The molecule has 0 unspecified atom stereocenters. The summed E-state index contributed by atoms with van der Waals surface area (Å²) in [4.78, 5) is 9.71. The Hall–Kier alpha value is -3.96. The largest absolute Gasteiger partial charge is 0.435 e. The van der Waals surface area contributed by atoms with Crippen molar-refractivity contribution in [2.45, 2.75) is 46.2 Å². The molecule has 2 aliphatic rings. The normalized spacial score (nSPS) is 15.8. The van der Waals surface area contributed by atoms with Crippen LogP contribution >= 0.6 is 11.6 Å². The highest BCUT2D eigenvalue weighted by Gasteiger charge is 2.22. The molecule has 0 atom stereocenters. The third-order valence-electron chi connectivity index (χ3n) is 8.75. The lowest BCUT2D eigenvalue weighted by atomic mass is 9.96. The minimum Gasteiger partial charge on any atom is -0.435 e. The molecule has 5 aromatic rings. The molecule has 212 valence electrons. The smallest absolute Gasteiger partial charge is 0.227 e. The van der Waals surface area contributed by atoms with E-state index < -0.39 is 0 Å². The van der Waals surface area contributed by atoms with Gasteiger partial charge in [0.15, 0.2) is 5.58 Å². The van der Waals surface area contributed by atoms with E-state index in [1.807, 2.05) is 41.1 Å². The van der Waals surface area contributed by atoms with Gasteiger partial charge in [0.05, 0.1) is 22.0 Å². The maximum absolute atomic E-state index is 9.90. The Kier molecular flexibility index (Phi) is 7.07. The first-order valence-corrected chi connectivity index (χ1v) is 15.1. The summed E-state index contributed by atoms with van der Waals surface area (Å²) in [6.07, 6.45) is 5.58. The van der Waals surface area contributed by atoms with Gasteiger partial charge in [-0.25, -0.2) is 9.67 Å². The monoisotopic (exact) mass is 576 g/mol. The van der Waals surface area contributed by atoms with Crippen molar-refractivity contribution < 1.29 is 4.42 Å². The molecular formula is C34H33ClN6O. The highest BCUT2D eigenvalue weighted by atomic mass is 35.5. The van der Waals surface area contributed by atoms with Crippen LogP contribution in [0.15, 0.2) is 59.1 Å². The van der Waals surface area contributed by atoms with E-state index in [4.69, 9.17) is 26.1 Å². The van der Waals surface area contributed by atoms with E-state index in [-0.39, 0.29) is 0 Å². The van der Waals surface area contributed by atoms with E-state index in [1.165, 1.54) is 18.4 Å². The van der Waals surface area contributed by atoms with Crippen LogP contribution in [0.2, 0.25) is 5.02 Å². The topological polar surface area (TPSA) is 74.1 Å². The summed E-state index contributed by atoms with van der Waals surface area (Å²) in [5, 5.41) is 15.5. The summed E-state index contributed by atoms with van der Waals surface area (Å²) in [5.41, 5.74) is 9.97. The molecular weight excluding hydrogens is 544 g/mol. The Morgan fingerprint density at radius 3 is 2.60 bits per heavy atom. The van der Waals surface area contributed by atoms with Gasteiger partial charge in [-0.05, 0) is 92.3 Å². The van der Waals surface area contributed by atoms with Gasteiger partial charge in [-0.3, -0.25) is 9.80 Å². The second-order valence-electron chi connectivity index (χ2n) is 11.4. The quantitative estimate of drug-likeness (QED) is 0.214. The lowest BCUT2D eigenvalue weighted by Gasteiger charge is -2.23. The Labute approximate surface area is 250 Å². The van der Waals surface area contributed by atoms with Crippen molar-refractivity contribution in [2.24, 2.45) is 0 Å². The molecule has 2 aromatic heterocycles. The lowest BCUT2D eigenvalue weighted by molar-refractivity contribution is 0.264. The first-order chi connectivity index (χ1) is 20.5. The van der Waals surface area contributed by atoms with E-state index in [1.54, 1.807) is 0 Å². The SMILES string of the molecule is CCN1CCc2cn(-c3cccc(-c4cccc(-c5nc6cc(CN7CCCC7)cc(C#N)c6o5)c4C)c3Cl)nc2C1. The van der Waals surface area contributed by atoms with Crippen molar-refractivity contribution >= 4 is 22.7 Å². The number of hydrogen-bond acceptors (Lipinski definition) is 6. The maximum Gasteiger partial charge on any atom is 0.227 e. The number of hydrogen-bond donors (Lipinski definition) is 0. The molecule has 4 heterocycles. The van der Waals surface area contributed by atoms with E-state index in [0.717, 1.165) is 84.9 Å². The van der Waals surface area contributed by atoms with Crippen LogP contribution in [0.25, 0.3) is 39.4 Å². The minimum atomic E-state index is 0.506. The number of benzene rings is 3. The molecule has 7 nitrogen and oxygen atoms in total. The van der Waals surface area contributed by atoms with Gasteiger partial charge in [-0.2, -0.15) is 10.4 Å². The molecule has 0 N–H and O–H groups in total. The molecule has 42 heavy (non-hydrogen) atoms. The van der Waals surface area contributed by atoms with Crippen LogP contribution in [0.4, 0.5) is 0 Å². The molecule has 0 spiro atoms. The number of likely N-dealkylation sites (N-methyl/N-ethyl adjacent to an activating group) is 1. The summed E-state index contributed by atoms with van der Waals surface area (Å²) in [5.74, 6) is 0.506. The Morgan fingerprint density at radius 2 is 1.79 bits per heavy atom. The molecule has 7 rings (SSSR count). The molecule has 0 aliphatic carbocycles. The van der Waals surface area contributed by atoms with E-state index >= 15 is 0 Å². The number of likely N-dealkylation sites (tertiary alicyclic amines) is 1. The lowest BCUT2D eigenvalue weighted by Crippen LogP contribution is -2.29. The second-order valence-corrected chi connectivity index (χ2v) is 11.8. The summed E-state index contributed by atoms with van der Waals surface area (Å²) in [6.45, 7) is 10.2. The van der Waals surface area contributed by atoms with Gasteiger partial charge in [0.1, 0.15) is 11.6 Å². The van der Waals surface area contributed by atoms with E-state index in [0.29, 0.717) is 27.6 Å². The summed E-state index contributed by atoms with van der Waals surface area (Å²) < 4.78 is 8.19. The molecule has 0 radical (unpaired) electrons. The van der Waals surface area contributed by atoms with Crippen molar-refractivity contribution in [3.05, 3.63) is 87.7 Å². The molecule has 3 aromatic carbocycles. The van der Waals surface area contributed by atoms with Gasteiger partial charge < -0.3 is 4.42 Å². The maximum atomic E-state index is 9.90. The van der Waals surface area contributed by atoms with Gasteiger partial charge in [0, 0.05) is 37.0 Å². The summed E-state index contributed by atoms with van der Waals surface area (Å²) >= 11 is 7.11. The number of nitriles is 1. The van der Waals surface area contributed by atoms with Crippen LogP contribution < -0.4 is 0 Å². The van der Waals surface area contributed by atoms with Crippen LogP contribution in [0.5, 0.6) is 0 Å². The average Bonchev–Trinajstić information content (AvgIpc) is 3.77. The van der Waals surface area contributed by atoms with E-state index in [2.05, 4.69) is 48.0 Å². The zero-order chi connectivity index (χ0) is 28.8. The van der Waals surface area contributed by atoms with Crippen LogP contribution in [-0.2, 0) is 19.5 Å². The Balaban J connectivity index is 1.25. The fourth-order valence-electron chi connectivity index (χ4n) is 6.39. The zero-order valence-electron chi connectivity index (χ0n) is 24.0. The number of nitrogens with zero attached hydrogens (tertiary/aromatic N) is 6. The molecule has 0 bridgehead atoms. The number of halogens is 1. The highest BCUT2D eigenvalue weighted by molar-refractivity contribution is 6.35. The zero-order valence-corrected chi connectivity index (χ0v) is 24.8. The standard InChI is InChI=1S/C34H33ClN6O/c1-3-39-15-12-24-20-41(38-30(24)21-39)31-11-7-10-28(32(31)35)26-8-6-9-27(22(26)2)34-37-29-17-23(19-40-13-4-5-14-40)16-25(18-36)33(29)42-34/h6-11,16-17,20H,3-5,12-15,19,21H2,1-2H3. The summed E-state index contributed by atoms with van der Waals surface area (Å²) in [6, 6.07) is 18.5. The third-order valence-corrected chi connectivity index (χ3v) is 9.15. The molecule has 8 heteroatoms. The molecule has 1 fully saturated rings. The second kappa shape index (κ2) is 11.0. The average molecular weight is 577 g/mol. The predicted molar refractivity (Wildman–Crippen MR) is 166 cm³/mol. The van der Waals surface area contributed by atoms with Crippen molar-refractivity contribution in [1.29, 1.82) is 5.26 Å². The Bertz CT molecular complexity index is 1840. The third kappa shape index (κ3) is 4.80. The molecule has 2 aliphatic heterocycles. The number of rotatable bonds is 6. The molecule has 0 saturated carbocycles. The first kappa shape index (κ1) is 26.9. The van der Waals surface area contributed by atoms with Crippen LogP contribution in [-0.4, -0.2) is 50.7 Å². The van der Waals surface area contributed by atoms with Crippen LogP contribution in [0.3, 0.4) is 0 Å². The predicted octanol–water partition coefficient (Wildman–Crippen LogP) is 7.15. The number of aromatic nitrogens is 3. The molecule has 0 amide bonds. The van der Waals surface area contributed by atoms with Gasteiger partial charge in [-0.15, -0.1) is 0 Å². The number of fused-ring (bicyclic) bond motifs is 2. The van der Waals surface area contributed by atoms with Gasteiger partial charge >= 0.3 is 0 Å². The van der Waals surface area contributed by atoms with Crippen LogP contribution in [0.1, 0.15) is 47.7 Å². The van der Waals surface area contributed by atoms with Crippen molar-refractivity contribution in [1.82, 2.24) is 24.6 Å². The fourth-order valence-corrected chi connectivity index (χ4v) is 6.71. The van der Waals surface area contributed by atoms with Crippen molar-refractivity contribution in [2.75, 3.05) is 26.2 Å². The van der Waals surface area contributed by atoms with E-state index in [9.17, 15) is 5.26 Å². The van der Waals surface area contributed by atoms with Gasteiger partial charge in [-0.1, -0.05) is 42.8 Å². The van der Waals surface area contributed by atoms with Crippen molar-refractivity contribution in [3.63, 3.8) is 0 Å². The first-order valence-electron chi connectivity index (χ1n) is 14.8.